The van der Waals surface area contributed by atoms with Crippen molar-refractivity contribution in [2.75, 3.05) is 6.26 Å². The van der Waals surface area contributed by atoms with Gasteiger partial charge in [0.25, 0.3) is 0 Å². The first-order valence-corrected chi connectivity index (χ1v) is 7.62. The maximum Gasteiger partial charge on any atom is 0.471 e. The fraction of sp³-hybridized carbons (Fsp3) is 0.231. The van der Waals surface area contributed by atoms with Crippen LogP contribution in [0.3, 0.4) is 0 Å². The number of hydrogen-bond donors (Lipinski definition) is 0. The summed E-state index contributed by atoms with van der Waals surface area (Å²) in [7, 11) is 0. The van der Waals surface area contributed by atoms with Crippen molar-refractivity contribution in [3.63, 3.8) is 0 Å². The van der Waals surface area contributed by atoms with Crippen LogP contribution in [0.1, 0.15) is 11.5 Å². The molecule has 6 nitrogen and oxygen atoms in total. The maximum atomic E-state index is 12.4. The van der Waals surface area contributed by atoms with Crippen LogP contribution in [-0.4, -0.2) is 31.2 Å². The van der Waals surface area contributed by atoms with E-state index < -0.39 is 12.1 Å². The van der Waals surface area contributed by atoms with Crippen LogP contribution in [0.5, 0.6) is 0 Å². The minimum atomic E-state index is -4.65. The van der Waals surface area contributed by atoms with Crippen LogP contribution in [0.15, 0.2) is 40.3 Å². The lowest BCUT2D eigenvalue weighted by molar-refractivity contribution is -0.159. The third-order valence-corrected chi connectivity index (χ3v) is 3.48. The zero-order valence-corrected chi connectivity index (χ0v) is 12.6. The molecule has 3 aromatic rings. The first-order chi connectivity index (χ1) is 11.0. The van der Waals surface area contributed by atoms with Crippen molar-refractivity contribution < 1.29 is 17.7 Å². The number of hydrogen-bond acceptors (Lipinski definition) is 6. The Hall–Kier alpha value is -2.36. The van der Waals surface area contributed by atoms with Gasteiger partial charge in [-0.3, -0.25) is 0 Å². The summed E-state index contributed by atoms with van der Waals surface area (Å²) in [6.45, 7) is 0.508. The highest BCUT2D eigenvalue weighted by atomic mass is 32.2. The molecule has 0 aliphatic carbocycles. The summed E-state index contributed by atoms with van der Waals surface area (Å²) >= 11 is 1.44. The minimum Gasteiger partial charge on any atom is -0.329 e. The predicted octanol–water partition coefficient (Wildman–Crippen LogP) is 3.12. The smallest absolute Gasteiger partial charge is 0.329 e. The first kappa shape index (κ1) is 15.5. The van der Waals surface area contributed by atoms with E-state index >= 15 is 0 Å². The summed E-state index contributed by atoms with van der Waals surface area (Å²) in [5.41, 5.74) is 1.36. The number of halogens is 3. The number of rotatable bonds is 4. The standard InChI is InChI=1S/C13H10F3N5OS/c1-23-12-17-7-21(19-12)6-8-2-4-9(5-3-8)10-18-11(22-20-10)13(14,15)16/h2-5,7H,6H2,1H3. The zero-order chi connectivity index (χ0) is 16.4. The van der Waals surface area contributed by atoms with Crippen LogP contribution < -0.4 is 0 Å². The summed E-state index contributed by atoms with van der Waals surface area (Å²) in [6.07, 6.45) is -1.14. The van der Waals surface area contributed by atoms with Gasteiger partial charge in [-0.1, -0.05) is 41.2 Å². The lowest BCUT2D eigenvalue weighted by Crippen LogP contribution is -2.04. The Kier molecular flexibility index (Phi) is 4.07. The summed E-state index contributed by atoms with van der Waals surface area (Å²) in [4.78, 5) is 7.44. The molecule has 2 aromatic heterocycles. The molecule has 0 spiro atoms. The number of aromatic nitrogens is 5. The highest BCUT2D eigenvalue weighted by molar-refractivity contribution is 7.98. The average molecular weight is 341 g/mol. The number of alkyl halides is 3. The van der Waals surface area contributed by atoms with Crippen LogP contribution in [0.25, 0.3) is 11.4 Å². The van der Waals surface area contributed by atoms with Crippen LogP contribution in [0.2, 0.25) is 0 Å². The van der Waals surface area contributed by atoms with Crippen LogP contribution >= 0.6 is 11.8 Å². The second-order valence-electron chi connectivity index (χ2n) is 4.55. The van der Waals surface area contributed by atoms with Gasteiger partial charge in [0.15, 0.2) is 0 Å². The maximum absolute atomic E-state index is 12.4. The van der Waals surface area contributed by atoms with E-state index in [0.29, 0.717) is 17.3 Å². The van der Waals surface area contributed by atoms with Crippen molar-refractivity contribution in [3.05, 3.63) is 42.0 Å². The van der Waals surface area contributed by atoms with Crippen molar-refractivity contribution in [1.29, 1.82) is 0 Å². The molecule has 0 bridgehead atoms. The normalized spacial score (nSPS) is 11.8. The zero-order valence-electron chi connectivity index (χ0n) is 11.8. The van der Waals surface area contributed by atoms with Crippen molar-refractivity contribution in [3.8, 4) is 11.4 Å². The second-order valence-corrected chi connectivity index (χ2v) is 5.32. The van der Waals surface area contributed by atoms with Gasteiger partial charge in [-0.15, -0.1) is 5.10 Å². The molecule has 0 amide bonds. The molecule has 0 aliphatic rings. The van der Waals surface area contributed by atoms with Gasteiger partial charge in [-0.05, 0) is 11.8 Å². The van der Waals surface area contributed by atoms with Gasteiger partial charge in [0, 0.05) is 5.56 Å². The van der Waals surface area contributed by atoms with Gasteiger partial charge in [0.05, 0.1) is 6.54 Å². The fourth-order valence-electron chi connectivity index (χ4n) is 1.85. The molecule has 0 N–H and O–H groups in total. The van der Waals surface area contributed by atoms with E-state index in [9.17, 15) is 13.2 Å². The molecular formula is C13H10F3N5OS. The van der Waals surface area contributed by atoms with Crippen LogP contribution in [0.4, 0.5) is 13.2 Å². The SMILES string of the molecule is CSc1ncn(Cc2ccc(-c3noc(C(F)(F)F)n3)cc2)n1. The Labute approximate surface area is 132 Å². The quantitative estimate of drug-likeness (QED) is 0.679. The lowest BCUT2D eigenvalue weighted by atomic mass is 10.1. The molecule has 2 heterocycles. The largest absolute Gasteiger partial charge is 0.471 e. The molecule has 0 saturated heterocycles. The van der Waals surface area contributed by atoms with Crippen molar-refractivity contribution in [2.45, 2.75) is 17.9 Å². The molecule has 23 heavy (non-hydrogen) atoms. The fourth-order valence-corrected chi connectivity index (χ4v) is 2.19. The van der Waals surface area contributed by atoms with Gasteiger partial charge in [0.1, 0.15) is 6.33 Å². The number of thioether (sulfide) groups is 1. The predicted molar refractivity (Wildman–Crippen MR) is 75.6 cm³/mol. The third-order valence-electron chi connectivity index (χ3n) is 2.92. The summed E-state index contributed by atoms with van der Waals surface area (Å²) in [5, 5.41) is 8.26. The highest BCUT2D eigenvalue weighted by Crippen LogP contribution is 2.29. The molecule has 3 rings (SSSR count). The summed E-state index contributed by atoms with van der Waals surface area (Å²) in [5.74, 6) is -1.46. The molecule has 0 aliphatic heterocycles. The van der Waals surface area contributed by atoms with E-state index in [2.05, 4.69) is 24.7 Å². The molecular weight excluding hydrogens is 331 g/mol. The van der Waals surface area contributed by atoms with Gasteiger partial charge in [-0.25, -0.2) is 9.67 Å². The van der Waals surface area contributed by atoms with Crippen LogP contribution in [-0.2, 0) is 12.7 Å². The number of benzene rings is 1. The van der Waals surface area contributed by atoms with E-state index in [1.807, 2.05) is 6.26 Å². The molecule has 0 unspecified atom stereocenters. The Balaban J connectivity index is 1.75. The van der Waals surface area contributed by atoms with Gasteiger partial charge in [0.2, 0.25) is 11.0 Å². The van der Waals surface area contributed by atoms with Gasteiger partial charge in [-0.2, -0.15) is 18.2 Å². The molecule has 1 aromatic carbocycles. The molecule has 0 saturated carbocycles. The van der Waals surface area contributed by atoms with E-state index in [4.69, 9.17) is 0 Å². The van der Waals surface area contributed by atoms with E-state index in [-0.39, 0.29) is 5.82 Å². The van der Waals surface area contributed by atoms with Crippen molar-refractivity contribution >= 4 is 11.8 Å². The monoisotopic (exact) mass is 341 g/mol. The Morgan fingerprint density at radius 3 is 2.52 bits per heavy atom. The molecule has 0 fully saturated rings. The molecule has 10 heteroatoms. The van der Waals surface area contributed by atoms with Gasteiger partial charge < -0.3 is 4.52 Å². The van der Waals surface area contributed by atoms with E-state index in [1.165, 1.54) is 11.8 Å². The number of nitrogens with zero attached hydrogens (tertiary/aromatic N) is 5. The minimum absolute atomic E-state index is 0.102. The Morgan fingerprint density at radius 2 is 1.96 bits per heavy atom. The molecule has 0 radical (unpaired) electrons. The molecule has 0 atom stereocenters. The second kappa shape index (κ2) is 6.03. The third kappa shape index (κ3) is 3.52. The van der Waals surface area contributed by atoms with E-state index in [1.54, 1.807) is 35.3 Å². The topological polar surface area (TPSA) is 69.6 Å². The van der Waals surface area contributed by atoms with Gasteiger partial charge >= 0.3 is 12.1 Å². The first-order valence-electron chi connectivity index (χ1n) is 6.39. The van der Waals surface area contributed by atoms with Crippen LogP contribution in [0, 0.1) is 0 Å². The lowest BCUT2D eigenvalue weighted by Gasteiger charge is -2.02. The molecule has 120 valence electrons. The Bertz CT molecular complexity index is 797. The van der Waals surface area contributed by atoms with Crippen molar-refractivity contribution in [1.82, 2.24) is 24.9 Å². The summed E-state index contributed by atoms with van der Waals surface area (Å²) < 4.78 is 43.2. The highest BCUT2D eigenvalue weighted by Gasteiger charge is 2.38. The van der Waals surface area contributed by atoms with E-state index in [0.717, 1.165) is 5.56 Å². The summed E-state index contributed by atoms with van der Waals surface area (Å²) in [6, 6.07) is 6.79. The average Bonchev–Trinajstić information content (AvgIpc) is 3.16. The van der Waals surface area contributed by atoms with Crippen molar-refractivity contribution in [2.24, 2.45) is 0 Å². The Morgan fingerprint density at radius 1 is 1.22 bits per heavy atom.